The fourth-order valence-electron chi connectivity index (χ4n) is 2.61. The topological polar surface area (TPSA) is 64.1 Å². The molecule has 1 aromatic heterocycles. The van der Waals surface area contributed by atoms with Gasteiger partial charge >= 0.3 is 0 Å². The monoisotopic (exact) mass is 387 g/mol. The van der Waals surface area contributed by atoms with Crippen molar-refractivity contribution in [2.24, 2.45) is 0 Å². The molecule has 6 heteroatoms. The third-order valence-corrected chi connectivity index (χ3v) is 4.90. The van der Waals surface area contributed by atoms with Gasteiger partial charge in [-0.15, -0.1) is 10.2 Å². The van der Waals surface area contributed by atoms with Crippen LogP contribution in [0.25, 0.3) is 10.6 Å². The number of hydrogen-bond donors (Lipinski definition) is 1. The second kappa shape index (κ2) is 8.45. The molecule has 1 heterocycles. The number of ether oxygens (including phenoxy) is 1. The molecule has 5 nitrogen and oxygen atoms in total. The summed E-state index contributed by atoms with van der Waals surface area (Å²) in [6.45, 7) is 0.447. The number of anilines is 1. The van der Waals surface area contributed by atoms with E-state index in [2.05, 4.69) is 15.5 Å². The zero-order chi connectivity index (χ0) is 19.2. The quantitative estimate of drug-likeness (QED) is 0.504. The first-order valence-corrected chi connectivity index (χ1v) is 9.57. The number of rotatable bonds is 6. The van der Waals surface area contributed by atoms with E-state index in [-0.39, 0.29) is 5.91 Å². The zero-order valence-electron chi connectivity index (χ0n) is 14.9. The van der Waals surface area contributed by atoms with Crippen molar-refractivity contribution in [3.05, 3.63) is 96.1 Å². The van der Waals surface area contributed by atoms with Crippen molar-refractivity contribution in [2.45, 2.75) is 6.61 Å². The Kier molecular flexibility index (Phi) is 5.40. The van der Waals surface area contributed by atoms with Crippen molar-refractivity contribution in [3.63, 3.8) is 0 Å². The van der Waals surface area contributed by atoms with Crippen molar-refractivity contribution in [1.82, 2.24) is 10.2 Å². The normalized spacial score (nSPS) is 10.4. The van der Waals surface area contributed by atoms with E-state index in [9.17, 15) is 4.79 Å². The smallest absolute Gasteiger partial charge is 0.257 e. The van der Waals surface area contributed by atoms with Crippen molar-refractivity contribution in [2.75, 3.05) is 5.32 Å². The van der Waals surface area contributed by atoms with Crippen molar-refractivity contribution >= 4 is 22.4 Å². The lowest BCUT2D eigenvalue weighted by Crippen LogP contribution is -2.11. The number of amides is 1. The van der Waals surface area contributed by atoms with Gasteiger partial charge in [0.25, 0.3) is 5.91 Å². The van der Waals surface area contributed by atoms with Crippen LogP contribution in [0.2, 0.25) is 0 Å². The number of nitrogens with zero attached hydrogens (tertiary/aromatic N) is 2. The van der Waals surface area contributed by atoms with E-state index in [1.54, 1.807) is 18.2 Å². The third-order valence-electron chi connectivity index (χ3n) is 4.01. The van der Waals surface area contributed by atoms with Gasteiger partial charge in [-0.1, -0.05) is 78.1 Å². The molecular formula is C22H17N3O2S. The minimum Gasteiger partial charge on any atom is -0.489 e. The molecule has 0 saturated heterocycles. The Balaban J connectivity index is 1.42. The van der Waals surface area contributed by atoms with Crippen LogP contribution < -0.4 is 10.1 Å². The van der Waals surface area contributed by atoms with Gasteiger partial charge in [0, 0.05) is 11.1 Å². The zero-order valence-corrected chi connectivity index (χ0v) is 15.7. The molecule has 4 aromatic rings. The summed E-state index contributed by atoms with van der Waals surface area (Å²) in [7, 11) is 0. The van der Waals surface area contributed by atoms with Crippen LogP contribution in [0.3, 0.4) is 0 Å². The van der Waals surface area contributed by atoms with Gasteiger partial charge in [0.2, 0.25) is 5.13 Å². The second-order valence-corrected chi connectivity index (χ2v) is 7.01. The Hall–Kier alpha value is -3.51. The fraction of sp³-hybridized carbons (Fsp3) is 0.0455. The fourth-order valence-corrected chi connectivity index (χ4v) is 3.35. The van der Waals surface area contributed by atoms with Crippen LogP contribution in [0, 0.1) is 0 Å². The Morgan fingerprint density at radius 1 is 0.893 bits per heavy atom. The molecule has 28 heavy (non-hydrogen) atoms. The number of hydrogen-bond acceptors (Lipinski definition) is 5. The van der Waals surface area contributed by atoms with E-state index in [4.69, 9.17) is 4.74 Å². The molecular weight excluding hydrogens is 370 g/mol. The minimum atomic E-state index is -0.249. The Bertz CT molecular complexity index is 1070. The van der Waals surface area contributed by atoms with Gasteiger partial charge in [0.1, 0.15) is 17.4 Å². The molecule has 138 valence electrons. The molecule has 0 saturated carbocycles. The average Bonchev–Trinajstić information content (AvgIpc) is 3.22. The van der Waals surface area contributed by atoms with Crippen LogP contribution in [0.15, 0.2) is 84.9 Å². The average molecular weight is 387 g/mol. The van der Waals surface area contributed by atoms with E-state index in [1.807, 2.05) is 66.7 Å². The lowest BCUT2D eigenvalue weighted by Gasteiger charge is -2.08. The van der Waals surface area contributed by atoms with Gasteiger partial charge in [0.15, 0.2) is 0 Å². The first-order chi connectivity index (χ1) is 13.8. The van der Waals surface area contributed by atoms with Crippen LogP contribution in [0.4, 0.5) is 5.13 Å². The summed E-state index contributed by atoms with van der Waals surface area (Å²) in [4.78, 5) is 12.6. The molecule has 0 fully saturated rings. The predicted octanol–water partition coefficient (Wildman–Crippen LogP) is 5.04. The molecule has 0 aliphatic heterocycles. The number of nitrogens with one attached hydrogen (secondary N) is 1. The molecule has 0 spiro atoms. The molecule has 0 radical (unpaired) electrons. The van der Waals surface area contributed by atoms with Crippen molar-refractivity contribution < 1.29 is 9.53 Å². The summed E-state index contributed by atoms with van der Waals surface area (Å²) in [5.74, 6) is 0.389. The molecule has 0 aliphatic carbocycles. The summed E-state index contributed by atoms with van der Waals surface area (Å²) < 4.78 is 5.79. The Morgan fingerprint density at radius 3 is 2.43 bits per heavy atom. The summed E-state index contributed by atoms with van der Waals surface area (Å²) in [6.07, 6.45) is 0. The molecule has 0 aliphatic rings. The van der Waals surface area contributed by atoms with E-state index in [1.165, 1.54) is 11.3 Å². The summed E-state index contributed by atoms with van der Waals surface area (Å²) in [6, 6.07) is 26.7. The van der Waals surface area contributed by atoms with Gasteiger partial charge in [-0.2, -0.15) is 0 Å². The van der Waals surface area contributed by atoms with Crippen LogP contribution in [-0.4, -0.2) is 16.1 Å². The van der Waals surface area contributed by atoms with E-state index >= 15 is 0 Å². The molecule has 4 rings (SSSR count). The third kappa shape index (κ3) is 4.42. The van der Waals surface area contributed by atoms with Gasteiger partial charge < -0.3 is 4.74 Å². The standard InChI is InChI=1S/C22H17N3O2S/c26-20(23-22-25-24-21(28-22)17-10-5-2-6-11-17)18-12-7-13-19(14-18)27-15-16-8-3-1-4-9-16/h1-14H,15H2,(H,23,25,26). The van der Waals surface area contributed by atoms with Gasteiger partial charge in [-0.3, -0.25) is 10.1 Å². The number of carbonyl (C=O) groups excluding carboxylic acids is 1. The minimum absolute atomic E-state index is 0.249. The maximum Gasteiger partial charge on any atom is 0.257 e. The lowest BCUT2D eigenvalue weighted by atomic mass is 10.2. The first kappa shape index (κ1) is 17.9. The van der Waals surface area contributed by atoms with Crippen LogP contribution >= 0.6 is 11.3 Å². The van der Waals surface area contributed by atoms with Gasteiger partial charge in [-0.05, 0) is 23.8 Å². The molecule has 1 amide bonds. The van der Waals surface area contributed by atoms with Crippen LogP contribution in [-0.2, 0) is 6.61 Å². The summed E-state index contributed by atoms with van der Waals surface area (Å²) in [5, 5.41) is 12.2. The Labute approximate surface area is 166 Å². The molecule has 0 bridgehead atoms. The SMILES string of the molecule is O=C(Nc1nnc(-c2ccccc2)s1)c1cccc(OCc2ccccc2)c1. The van der Waals surface area contributed by atoms with Crippen LogP contribution in [0.5, 0.6) is 5.75 Å². The first-order valence-electron chi connectivity index (χ1n) is 8.75. The summed E-state index contributed by atoms with van der Waals surface area (Å²) in [5.41, 5.74) is 2.54. The maximum absolute atomic E-state index is 12.6. The van der Waals surface area contributed by atoms with E-state index < -0.39 is 0 Å². The van der Waals surface area contributed by atoms with Crippen molar-refractivity contribution in [1.29, 1.82) is 0 Å². The number of benzene rings is 3. The molecule has 0 unspecified atom stereocenters. The molecule has 0 atom stereocenters. The number of carbonyl (C=O) groups is 1. The van der Waals surface area contributed by atoms with Crippen LogP contribution in [0.1, 0.15) is 15.9 Å². The highest BCUT2D eigenvalue weighted by Gasteiger charge is 2.12. The Morgan fingerprint density at radius 2 is 1.64 bits per heavy atom. The highest BCUT2D eigenvalue weighted by atomic mass is 32.1. The van der Waals surface area contributed by atoms with Crippen molar-refractivity contribution in [3.8, 4) is 16.3 Å². The van der Waals surface area contributed by atoms with Gasteiger partial charge in [-0.25, -0.2) is 0 Å². The van der Waals surface area contributed by atoms with E-state index in [0.29, 0.717) is 23.1 Å². The van der Waals surface area contributed by atoms with Gasteiger partial charge in [0.05, 0.1) is 0 Å². The highest BCUT2D eigenvalue weighted by molar-refractivity contribution is 7.18. The molecule has 1 N–H and O–H groups in total. The second-order valence-electron chi connectivity index (χ2n) is 6.03. The maximum atomic E-state index is 12.6. The molecule has 3 aromatic carbocycles. The highest BCUT2D eigenvalue weighted by Crippen LogP contribution is 2.26. The summed E-state index contributed by atoms with van der Waals surface area (Å²) >= 11 is 1.34. The number of aromatic nitrogens is 2. The lowest BCUT2D eigenvalue weighted by molar-refractivity contribution is 0.102. The van der Waals surface area contributed by atoms with E-state index in [0.717, 1.165) is 16.1 Å². The predicted molar refractivity (Wildman–Crippen MR) is 111 cm³/mol. The largest absolute Gasteiger partial charge is 0.489 e.